The van der Waals surface area contributed by atoms with Crippen LogP contribution >= 0.6 is 55.2 Å². The maximum absolute atomic E-state index is 13.1. The normalized spacial score (nSPS) is 14.2. The van der Waals surface area contributed by atoms with Crippen LogP contribution in [-0.4, -0.2) is 35.6 Å². The summed E-state index contributed by atoms with van der Waals surface area (Å²) in [4.78, 5) is 38.9. The van der Waals surface area contributed by atoms with Crippen molar-refractivity contribution in [1.82, 2.24) is 4.90 Å². The van der Waals surface area contributed by atoms with Crippen molar-refractivity contribution in [2.45, 2.75) is 6.61 Å². The molecule has 0 aromatic heterocycles. The number of rotatable bonds is 8. The Morgan fingerprint density at radius 1 is 1.11 bits per heavy atom. The highest BCUT2D eigenvalue weighted by Gasteiger charge is 2.36. The van der Waals surface area contributed by atoms with E-state index in [1.807, 2.05) is 0 Å². The number of ether oxygens (including phenoxy) is 2. The molecule has 0 saturated carbocycles. The molecule has 12 heteroatoms. The highest BCUT2D eigenvalue weighted by Crippen LogP contribution is 2.38. The molecule has 38 heavy (non-hydrogen) atoms. The predicted octanol–water partition coefficient (Wildman–Crippen LogP) is 7.27. The summed E-state index contributed by atoms with van der Waals surface area (Å²) in [6, 6.07) is 14.2. The zero-order valence-corrected chi connectivity index (χ0v) is 24.3. The molecule has 1 saturated heterocycles. The number of benzene rings is 3. The van der Waals surface area contributed by atoms with Crippen LogP contribution in [0.15, 0.2) is 68.4 Å². The Hall–Kier alpha value is -2.86. The van der Waals surface area contributed by atoms with Gasteiger partial charge in [-0.3, -0.25) is 19.3 Å². The lowest BCUT2D eigenvalue weighted by molar-refractivity contribution is -0.127. The number of nitrogens with one attached hydrogen (secondary N) is 1. The maximum Gasteiger partial charge on any atom is 0.294 e. The summed E-state index contributed by atoms with van der Waals surface area (Å²) in [5, 5.41) is 2.37. The molecule has 1 fully saturated rings. The smallest absolute Gasteiger partial charge is 0.294 e. The Morgan fingerprint density at radius 3 is 2.42 bits per heavy atom. The monoisotopic (exact) mass is 682 g/mol. The van der Waals surface area contributed by atoms with Crippen LogP contribution in [0.2, 0.25) is 5.02 Å². The largest absolute Gasteiger partial charge is 0.495 e. The van der Waals surface area contributed by atoms with Crippen LogP contribution in [0.5, 0.6) is 11.5 Å². The highest BCUT2D eigenvalue weighted by molar-refractivity contribution is 9.11. The molecular formula is C26H18Br2ClFN2O5S. The number of carbonyl (C=O) groups excluding carboxylic acids is 3. The van der Waals surface area contributed by atoms with Crippen molar-refractivity contribution in [2.24, 2.45) is 0 Å². The minimum Gasteiger partial charge on any atom is -0.495 e. The highest BCUT2D eigenvalue weighted by atomic mass is 79.9. The summed E-state index contributed by atoms with van der Waals surface area (Å²) in [5.41, 5.74) is 1.82. The van der Waals surface area contributed by atoms with Crippen LogP contribution in [-0.2, 0) is 16.2 Å². The number of hydrogen-bond donors (Lipinski definition) is 1. The number of imide groups is 1. The first-order chi connectivity index (χ1) is 18.1. The van der Waals surface area contributed by atoms with Crippen LogP contribution in [0, 0.1) is 5.82 Å². The summed E-state index contributed by atoms with van der Waals surface area (Å²) in [6.45, 7) is -0.226. The fraction of sp³-hybridized carbons (Fsp3) is 0.115. The molecule has 3 aromatic rings. The number of anilines is 1. The van der Waals surface area contributed by atoms with Crippen LogP contribution in [0.4, 0.5) is 14.9 Å². The van der Waals surface area contributed by atoms with Gasteiger partial charge in [0, 0.05) is 5.69 Å². The summed E-state index contributed by atoms with van der Waals surface area (Å²) in [5.74, 6) is -0.483. The summed E-state index contributed by atoms with van der Waals surface area (Å²) >= 11 is 13.8. The first-order valence-electron chi connectivity index (χ1n) is 10.9. The van der Waals surface area contributed by atoms with Gasteiger partial charge in [-0.2, -0.15) is 0 Å². The topological polar surface area (TPSA) is 84.9 Å². The van der Waals surface area contributed by atoms with Crippen LogP contribution in [0.25, 0.3) is 6.08 Å². The number of halogens is 4. The SMILES string of the molecule is COc1ccc(NC(=O)CN2C(=O)S/C(=C/c3cc(Br)c(OCc4ccc(F)cc4)c(Br)c3)C2=O)cc1Cl. The first-order valence-corrected chi connectivity index (χ1v) is 13.7. The van der Waals surface area contributed by atoms with E-state index in [1.165, 1.54) is 25.3 Å². The number of methoxy groups -OCH3 is 1. The molecule has 0 aliphatic carbocycles. The van der Waals surface area contributed by atoms with Gasteiger partial charge in [-0.1, -0.05) is 23.7 Å². The molecule has 0 bridgehead atoms. The molecule has 7 nitrogen and oxygen atoms in total. The van der Waals surface area contributed by atoms with E-state index in [9.17, 15) is 18.8 Å². The van der Waals surface area contributed by atoms with Crippen molar-refractivity contribution in [1.29, 1.82) is 0 Å². The summed E-state index contributed by atoms with van der Waals surface area (Å²) < 4.78 is 25.3. The van der Waals surface area contributed by atoms with Crippen LogP contribution < -0.4 is 14.8 Å². The molecule has 1 aliphatic heterocycles. The van der Waals surface area contributed by atoms with E-state index in [2.05, 4.69) is 37.2 Å². The Kier molecular flexibility index (Phi) is 9.14. The third-order valence-corrected chi connectivity index (χ3v) is 7.61. The standard InChI is InChI=1S/C26H18Br2ClFN2O5S/c1-36-21-7-6-17(11-20(21)29)31-23(33)12-32-25(34)22(38-26(32)35)10-15-8-18(27)24(19(28)9-15)37-13-14-2-4-16(30)5-3-14/h2-11H,12-13H2,1H3,(H,31,33)/b22-10+. The van der Waals surface area contributed by atoms with E-state index in [1.54, 1.807) is 42.5 Å². The fourth-order valence-corrected chi connectivity index (χ4v) is 5.96. The van der Waals surface area contributed by atoms with Crippen molar-refractivity contribution in [3.63, 3.8) is 0 Å². The molecule has 0 spiro atoms. The molecule has 4 rings (SSSR count). The Balaban J connectivity index is 1.42. The van der Waals surface area contributed by atoms with Gasteiger partial charge in [0.05, 0.1) is 26.0 Å². The second kappa shape index (κ2) is 12.3. The van der Waals surface area contributed by atoms with Gasteiger partial charge in [0.2, 0.25) is 5.91 Å². The first kappa shape index (κ1) is 28.2. The van der Waals surface area contributed by atoms with Crippen LogP contribution in [0.3, 0.4) is 0 Å². The van der Waals surface area contributed by atoms with Gasteiger partial charge in [-0.05, 0) is 103 Å². The average molecular weight is 685 g/mol. The van der Waals surface area contributed by atoms with E-state index < -0.39 is 23.6 Å². The number of thioether (sulfide) groups is 1. The number of amides is 3. The van der Waals surface area contributed by atoms with Gasteiger partial charge in [0.25, 0.3) is 11.1 Å². The second-order valence-corrected chi connectivity index (χ2v) is 11.0. The lowest BCUT2D eigenvalue weighted by Gasteiger charge is -2.13. The molecule has 0 atom stereocenters. The van der Waals surface area contributed by atoms with Gasteiger partial charge < -0.3 is 14.8 Å². The quantitative estimate of drug-likeness (QED) is 0.252. The number of hydrogen-bond acceptors (Lipinski definition) is 6. The van der Waals surface area contributed by atoms with Gasteiger partial charge in [-0.25, -0.2) is 4.39 Å². The van der Waals surface area contributed by atoms with Gasteiger partial charge in [0.15, 0.2) is 0 Å². The van der Waals surface area contributed by atoms with E-state index in [-0.39, 0.29) is 17.3 Å². The molecule has 0 unspecified atom stereocenters. The van der Waals surface area contributed by atoms with Gasteiger partial charge in [0.1, 0.15) is 30.5 Å². The zero-order valence-electron chi connectivity index (χ0n) is 19.6. The number of carbonyl (C=O) groups is 3. The van der Waals surface area contributed by atoms with Gasteiger partial charge in [-0.15, -0.1) is 0 Å². The fourth-order valence-electron chi connectivity index (χ4n) is 3.41. The molecule has 1 N–H and O–H groups in total. The van der Waals surface area contributed by atoms with E-state index in [0.29, 0.717) is 36.7 Å². The molecule has 3 amide bonds. The number of nitrogens with zero attached hydrogens (tertiary/aromatic N) is 1. The van der Waals surface area contributed by atoms with Crippen LogP contribution in [0.1, 0.15) is 11.1 Å². The Bertz CT molecular complexity index is 1430. The van der Waals surface area contributed by atoms with Gasteiger partial charge >= 0.3 is 0 Å². The molecule has 3 aromatic carbocycles. The lowest BCUT2D eigenvalue weighted by atomic mass is 10.2. The third kappa shape index (κ3) is 6.76. The predicted molar refractivity (Wildman–Crippen MR) is 152 cm³/mol. The Labute approximate surface area is 243 Å². The molecule has 1 heterocycles. The summed E-state index contributed by atoms with van der Waals surface area (Å²) in [7, 11) is 1.47. The van der Waals surface area contributed by atoms with Crippen molar-refractivity contribution in [3.8, 4) is 11.5 Å². The van der Waals surface area contributed by atoms with E-state index in [0.717, 1.165) is 22.2 Å². The maximum atomic E-state index is 13.1. The minimum absolute atomic E-state index is 0.175. The average Bonchev–Trinajstić information content (AvgIpc) is 3.12. The molecular weight excluding hydrogens is 667 g/mol. The second-order valence-electron chi connectivity index (χ2n) is 7.89. The van der Waals surface area contributed by atoms with E-state index in [4.69, 9.17) is 21.1 Å². The van der Waals surface area contributed by atoms with Crippen molar-refractivity contribution in [3.05, 3.63) is 90.4 Å². The Morgan fingerprint density at radius 2 is 1.79 bits per heavy atom. The third-order valence-electron chi connectivity index (χ3n) is 5.23. The summed E-state index contributed by atoms with van der Waals surface area (Å²) in [6.07, 6.45) is 1.56. The molecule has 1 aliphatic rings. The minimum atomic E-state index is -0.577. The van der Waals surface area contributed by atoms with E-state index >= 15 is 0 Å². The van der Waals surface area contributed by atoms with Crippen molar-refractivity contribution >= 4 is 84.0 Å². The lowest BCUT2D eigenvalue weighted by Crippen LogP contribution is -2.36. The van der Waals surface area contributed by atoms with Crippen molar-refractivity contribution in [2.75, 3.05) is 19.0 Å². The molecule has 196 valence electrons. The van der Waals surface area contributed by atoms with Crippen molar-refractivity contribution < 1.29 is 28.2 Å². The molecule has 0 radical (unpaired) electrons. The zero-order chi connectivity index (χ0) is 27.4.